The molecule has 1 aromatic carbocycles. The fourth-order valence-electron chi connectivity index (χ4n) is 4.12. The van der Waals surface area contributed by atoms with Crippen molar-refractivity contribution in [1.29, 1.82) is 5.26 Å². The van der Waals surface area contributed by atoms with E-state index in [2.05, 4.69) is 27.1 Å². The number of hydrogen-bond donors (Lipinski definition) is 2. The van der Waals surface area contributed by atoms with Gasteiger partial charge in [0, 0.05) is 23.0 Å². The van der Waals surface area contributed by atoms with Crippen LogP contribution in [0.3, 0.4) is 0 Å². The first-order valence-electron chi connectivity index (χ1n) is 10.3. The number of H-pyrrole nitrogens is 1. The number of aromatic amines is 1. The van der Waals surface area contributed by atoms with E-state index in [0.29, 0.717) is 17.4 Å². The standard InChI is InChI=1S/C22H25N5O2S/c23-12-15-4-5-19-18(11-15)17(13-25-19)3-1-2-8-27-9-6-16(7-10-27)21-26-20(14-30-21)29-22(24)28/h4-5,11,13-14,16,25H,1-3,6-10H2,(H2,24,28). The van der Waals surface area contributed by atoms with Crippen molar-refractivity contribution in [2.45, 2.75) is 38.0 Å². The van der Waals surface area contributed by atoms with Crippen molar-refractivity contribution >= 4 is 28.3 Å². The number of carbonyl (C=O) groups is 1. The minimum absolute atomic E-state index is 0.309. The Labute approximate surface area is 179 Å². The lowest BCUT2D eigenvalue weighted by atomic mass is 9.97. The summed E-state index contributed by atoms with van der Waals surface area (Å²) < 4.78 is 4.85. The van der Waals surface area contributed by atoms with Gasteiger partial charge in [0.2, 0.25) is 5.88 Å². The van der Waals surface area contributed by atoms with Crippen LogP contribution in [0, 0.1) is 11.3 Å². The Kier molecular flexibility index (Phi) is 6.31. The van der Waals surface area contributed by atoms with Gasteiger partial charge in [-0.3, -0.25) is 0 Å². The molecule has 1 aliphatic heterocycles. The maximum absolute atomic E-state index is 10.8. The van der Waals surface area contributed by atoms with E-state index in [9.17, 15) is 4.79 Å². The molecule has 0 spiro atoms. The number of amides is 1. The van der Waals surface area contributed by atoms with Crippen LogP contribution in [0.1, 0.15) is 47.7 Å². The number of aromatic nitrogens is 2. The number of nitrogens with one attached hydrogen (secondary N) is 1. The smallest absolute Gasteiger partial charge is 0.390 e. The molecule has 7 nitrogen and oxygen atoms in total. The number of nitrogens with two attached hydrogens (primary N) is 1. The van der Waals surface area contributed by atoms with Gasteiger partial charge in [-0.25, -0.2) is 9.78 Å². The third-order valence-electron chi connectivity index (χ3n) is 5.71. The predicted molar refractivity (Wildman–Crippen MR) is 117 cm³/mol. The SMILES string of the molecule is N#Cc1ccc2[nH]cc(CCCCN3CCC(c4nc(OC(N)=O)cs4)CC3)c2c1. The molecule has 8 heteroatoms. The van der Waals surface area contributed by atoms with E-state index < -0.39 is 6.09 Å². The second kappa shape index (κ2) is 9.28. The molecule has 3 N–H and O–H groups in total. The molecule has 3 heterocycles. The lowest BCUT2D eigenvalue weighted by Crippen LogP contribution is -2.33. The number of hydrogen-bond acceptors (Lipinski definition) is 6. The summed E-state index contributed by atoms with van der Waals surface area (Å²) in [6, 6.07) is 8.03. The fraction of sp³-hybridized carbons (Fsp3) is 0.409. The fourth-order valence-corrected chi connectivity index (χ4v) is 5.01. The van der Waals surface area contributed by atoms with Crippen LogP contribution in [0.25, 0.3) is 10.9 Å². The number of benzene rings is 1. The zero-order chi connectivity index (χ0) is 20.9. The van der Waals surface area contributed by atoms with Gasteiger partial charge in [-0.2, -0.15) is 5.26 Å². The number of thiazole rings is 1. The first-order valence-corrected chi connectivity index (χ1v) is 11.2. The Morgan fingerprint density at radius 1 is 1.37 bits per heavy atom. The molecule has 3 aromatic rings. The van der Waals surface area contributed by atoms with Gasteiger partial charge >= 0.3 is 6.09 Å². The van der Waals surface area contributed by atoms with Crippen molar-refractivity contribution in [3.05, 3.63) is 45.9 Å². The molecule has 0 bridgehead atoms. The molecule has 0 aliphatic carbocycles. The number of carbonyl (C=O) groups excluding carboxylic acids is 1. The number of likely N-dealkylation sites (tertiary alicyclic amines) is 1. The summed E-state index contributed by atoms with van der Waals surface area (Å²) in [6.45, 7) is 3.23. The summed E-state index contributed by atoms with van der Waals surface area (Å²) in [4.78, 5) is 21.1. The van der Waals surface area contributed by atoms with E-state index in [-0.39, 0.29) is 0 Å². The number of fused-ring (bicyclic) bond motifs is 1. The Morgan fingerprint density at radius 2 is 2.20 bits per heavy atom. The van der Waals surface area contributed by atoms with Crippen LogP contribution in [0.5, 0.6) is 5.88 Å². The molecule has 0 saturated carbocycles. The highest BCUT2D eigenvalue weighted by Gasteiger charge is 2.23. The summed E-state index contributed by atoms with van der Waals surface area (Å²) in [7, 11) is 0. The van der Waals surface area contributed by atoms with Crippen molar-refractivity contribution in [2.24, 2.45) is 5.73 Å². The van der Waals surface area contributed by atoms with Crippen molar-refractivity contribution in [3.8, 4) is 11.9 Å². The van der Waals surface area contributed by atoms with Crippen molar-refractivity contribution < 1.29 is 9.53 Å². The number of aryl methyl sites for hydroxylation is 1. The zero-order valence-electron chi connectivity index (χ0n) is 16.8. The molecule has 30 heavy (non-hydrogen) atoms. The lowest BCUT2D eigenvalue weighted by Gasteiger charge is -2.30. The van der Waals surface area contributed by atoms with Crippen LogP contribution < -0.4 is 10.5 Å². The Balaban J connectivity index is 1.21. The van der Waals surface area contributed by atoms with Gasteiger partial charge in [-0.1, -0.05) is 0 Å². The molecule has 1 amide bonds. The third-order valence-corrected chi connectivity index (χ3v) is 6.70. The average molecular weight is 424 g/mol. The van der Waals surface area contributed by atoms with Crippen LogP contribution in [-0.4, -0.2) is 40.6 Å². The minimum Gasteiger partial charge on any atom is -0.390 e. The number of primary amides is 1. The van der Waals surface area contributed by atoms with E-state index in [4.69, 9.17) is 15.7 Å². The maximum Gasteiger partial charge on any atom is 0.411 e. The lowest BCUT2D eigenvalue weighted by molar-refractivity contribution is 0.205. The summed E-state index contributed by atoms with van der Waals surface area (Å²) >= 11 is 1.54. The molecule has 4 rings (SSSR count). The summed E-state index contributed by atoms with van der Waals surface area (Å²) in [5.41, 5.74) is 8.14. The number of unbranched alkanes of at least 4 members (excludes halogenated alkanes) is 1. The van der Waals surface area contributed by atoms with Gasteiger partial charge in [0.05, 0.1) is 22.0 Å². The molecule has 1 fully saturated rings. The van der Waals surface area contributed by atoms with Gasteiger partial charge in [0.15, 0.2) is 0 Å². The van der Waals surface area contributed by atoms with E-state index >= 15 is 0 Å². The molecule has 156 valence electrons. The first-order chi connectivity index (χ1) is 14.6. The molecule has 0 unspecified atom stereocenters. The number of ether oxygens (including phenoxy) is 1. The molecular formula is C22H25N5O2S. The normalized spacial score (nSPS) is 15.3. The van der Waals surface area contributed by atoms with Gasteiger partial charge in [0.1, 0.15) is 0 Å². The number of piperidine rings is 1. The Hall–Kier alpha value is -2.89. The van der Waals surface area contributed by atoms with Crippen molar-refractivity contribution in [2.75, 3.05) is 19.6 Å². The van der Waals surface area contributed by atoms with Crippen LogP contribution in [0.4, 0.5) is 4.79 Å². The van der Waals surface area contributed by atoms with Gasteiger partial charge in [0.25, 0.3) is 0 Å². The molecule has 0 radical (unpaired) electrons. The van der Waals surface area contributed by atoms with Gasteiger partial charge in [-0.15, -0.1) is 11.3 Å². The number of nitrogens with zero attached hydrogens (tertiary/aromatic N) is 3. The summed E-state index contributed by atoms with van der Waals surface area (Å²) in [5.74, 6) is 0.737. The molecule has 1 aliphatic rings. The van der Waals surface area contributed by atoms with Gasteiger partial charge < -0.3 is 20.4 Å². The van der Waals surface area contributed by atoms with Crippen LogP contribution >= 0.6 is 11.3 Å². The summed E-state index contributed by atoms with van der Waals surface area (Å²) in [6.07, 6.45) is 6.70. The maximum atomic E-state index is 10.8. The highest BCUT2D eigenvalue weighted by atomic mass is 32.1. The van der Waals surface area contributed by atoms with E-state index in [1.54, 1.807) is 5.38 Å². The number of rotatable bonds is 7. The largest absolute Gasteiger partial charge is 0.411 e. The van der Waals surface area contributed by atoms with Crippen LogP contribution in [0.15, 0.2) is 29.8 Å². The highest BCUT2D eigenvalue weighted by molar-refractivity contribution is 7.09. The number of nitriles is 1. The second-order valence-electron chi connectivity index (χ2n) is 7.70. The third kappa shape index (κ3) is 4.81. The molecule has 1 saturated heterocycles. The van der Waals surface area contributed by atoms with Crippen molar-refractivity contribution in [3.63, 3.8) is 0 Å². The molecule has 2 aromatic heterocycles. The van der Waals surface area contributed by atoms with Crippen molar-refractivity contribution in [1.82, 2.24) is 14.9 Å². The van der Waals surface area contributed by atoms with Crippen LogP contribution in [-0.2, 0) is 6.42 Å². The topological polar surface area (TPSA) is 108 Å². The summed E-state index contributed by atoms with van der Waals surface area (Å²) in [5, 5.41) is 13.1. The van der Waals surface area contributed by atoms with Crippen LogP contribution in [0.2, 0.25) is 0 Å². The second-order valence-corrected chi connectivity index (χ2v) is 8.59. The van der Waals surface area contributed by atoms with Gasteiger partial charge in [-0.05, 0) is 75.5 Å². The van der Waals surface area contributed by atoms with E-state index in [1.165, 1.54) is 16.9 Å². The zero-order valence-corrected chi connectivity index (χ0v) is 17.6. The Bertz CT molecular complexity index is 1060. The minimum atomic E-state index is -0.820. The highest BCUT2D eigenvalue weighted by Crippen LogP contribution is 2.32. The molecule has 0 atom stereocenters. The Morgan fingerprint density at radius 3 is 2.97 bits per heavy atom. The monoisotopic (exact) mass is 423 g/mol. The quantitative estimate of drug-likeness (QED) is 0.555. The van der Waals surface area contributed by atoms with E-state index in [1.807, 2.05) is 18.2 Å². The average Bonchev–Trinajstić information content (AvgIpc) is 3.38. The molecular weight excluding hydrogens is 398 g/mol. The van der Waals surface area contributed by atoms with E-state index in [0.717, 1.165) is 67.6 Å². The predicted octanol–water partition coefficient (Wildman–Crippen LogP) is 4.16. The first kappa shape index (κ1) is 20.4.